The molecule has 1 aliphatic rings. The number of hydrogen-bond donors (Lipinski definition) is 2. The molecule has 6 nitrogen and oxygen atoms in total. The third-order valence-corrected chi connectivity index (χ3v) is 6.45. The number of amides is 4. The summed E-state index contributed by atoms with van der Waals surface area (Å²) >= 11 is 3.41. The summed E-state index contributed by atoms with van der Waals surface area (Å²) in [6.45, 7) is 13.8. The molecule has 1 saturated heterocycles. The minimum absolute atomic E-state index is 0.152. The largest absolute Gasteiger partial charge is 0.507 e. The van der Waals surface area contributed by atoms with Crippen LogP contribution in [0.5, 0.6) is 5.75 Å². The lowest BCUT2D eigenvalue weighted by molar-refractivity contribution is -0.122. The molecule has 0 atom stereocenters. The van der Waals surface area contributed by atoms with Crippen LogP contribution in [0.4, 0.5) is 10.5 Å². The molecule has 2 N–H and O–H groups in total. The number of nitrogens with one attached hydrogen (secondary N) is 1. The number of hydrogen-bond acceptors (Lipinski definition) is 4. The van der Waals surface area contributed by atoms with Crippen molar-refractivity contribution in [3.63, 3.8) is 0 Å². The Morgan fingerprint density at radius 1 is 0.939 bits per heavy atom. The number of phenolic OH excluding ortho intramolecular Hbond substituents is 1. The summed E-state index contributed by atoms with van der Waals surface area (Å²) in [5, 5.41) is 13.2. The topological polar surface area (TPSA) is 86.7 Å². The molecule has 0 unspecified atom stereocenters. The number of phenols is 1. The van der Waals surface area contributed by atoms with Crippen LogP contribution in [-0.4, -0.2) is 23.0 Å². The first-order valence-corrected chi connectivity index (χ1v) is 11.5. The Morgan fingerprint density at radius 2 is 1.48 bits per heavy atom. The molecular formula is C26H29BrN2O4. The van der Waals surface area contributed by atoms with Gasteiger partial charge in [-0.15, -0.1) is 0 Å². The number of benzene rings is 2. The van der Waals surface area contributed by atoms with Crippen molar-refractivity contribution in [3.8, 4) is 5.75 Å². The number of urea groups is 1. The molecule has 33 heavy (non-hydrogen) atoms. The van der Waals surface area contributed by atoms with Gasteiger partial charge in [-0.2, -0.15) is 0 Å². The van der Waals surface area contributed by atoms with Crippen molar-refractivity contribution < 1.29 is 19.5 Å². The summed E-state index contributed by atoms with van der Waals surface area (Å²) in [4.78, 5) is 39.4. The Labute approximate surface area is 202 Å². The van der Waals surface area contributed by atoms with Crippen molar-refractivity contribution in [1.29, 1.82) is 0 Å². The number of nitrogens with zero attached hydrogens (tertiary/aromatic N) is 1. The van der Waals surface area contributed by atoms with Gasteiger partial charge in [0.2, 0.25) is 0 Å². The average molecular weight is 513 g/mol. The molecule has 0 aliphatic carbocycles. The fraction of sp³-hybridized carbons (Fsp3) is 0.346. The molecule has 2 aromatic carbocycles. The van der Waals surface area contributed by atoms with Crippen LogP contribution < -0.4 is 10.2 Å². The molecule has 1 fully saturated rings. The molecule has 174 valence electrons. The molecule has 2 aromatic rings. The predicted molar refractivity (Wildman–Crippen MR) is 133 cm³/mol. The maximum absolute atomic E-state index is 13.3. The lowest BCUT2D eigenvalue weighted by Crippen LogP contribution is -2.54. The summed E-state index contributed by atoms with van der Waals surface area (Å²) < 4.78 is 0.844. The first-order valence-electron chi connectivity index (χ1n) is 10.7. The van der Waals surface area contributed by atoms with Gasteiger partial charge in [0.15, 0.2) is 0 Å². The smallest absolute Gasteiger partial charge is 0.335 e. The van der Waals surface area contributed by atoms with Gasteiger partial charge in [0, 0.05) is 15.6 Å². The first-order chi connectivity index (χ1) is 15.1. The van der Waals surface area contributed by atoms with Crippen LogP contribution in [0, 0.1) is 6.92 Å². The Morgan fingerprint density at radius 3 is 1.97 bits per heavy atom. The Kier molecular flexibility index (Phi) is 6.33. The number of imide groups is 2. The van der Waals surface area contributed by atoms with Gasteiger partial charge in [-0.3, -0.25) is 14.9 Å². The van der Waals surface area contributed by atoms with E-state index in [9.17, 15) is 19.5 Å². The first kappa shape index (κ1) is 24.7. The monoisotopic (exact) mass is 512 g/mol. The Balaban J connectivity index is 2.16. The summed E-state index contributed by atoms with van der Waals surface area (Å²) in [6, 6.07) is 7.85. The Hall–Kier alpha value is -2.93. The second-order valence-corrected chi connectivity index (χ2v) is 11.2. The van der Waals surface area contributed by atoms with Crippen LogP contribution >= 0.6 is 15.9 Å². The van der Waals surface area contributed by atoms with Gasteiger partial charge in [-0.1, -0.05) is 57.5 Å². The molecule has 0 aromatic heterocycles. The normalized spacial score (nSPS) is 16.4. The third-order valence-electron chi connectivity index (χ3n) is 5.56. The average Bonchev–Trinajstić information content (AvgIpc) is 2.67. The van der Waals surface area contributed by atoms with E-state index in [-0.39, 0.29) is 22.2 Å². The highest BCUT2D eigenvalue weighted by Crippen LogP contribution is 2.40. The molecule has 7 heteroatoms. The molecular weight excluding hydrogens is 484 g/mol. The van der Waals surface area contributed by atoms with Gasteiger partial charge < -0.3 is 5.11 Å². The van der Waals surface area contributed by atoms with E-state index in [2.05, 4.69) is 21.2 Å². The number of carbonyl (C=O) groups is 3. The van der Waals surface area contributed by atoms with E-state index in [0.717, 1.165) is 14.9 Å². The van der Waals surface area contributed by atoms with Gasteiger partial charge in [-0.25, -0.2) is 9.69 Å². The van der Waals surface area contributed by atoms with Crippen molar-refractivity contribution >= 4 is 45.5 Å². The fourth-order valence-corrected chi connectivity index (χ4v) is 3.96. The number of carbonyl (C=O) groups excluding carboxylic acids is 3. The minimum Gasteiger partial charge on any atom is -0.507 e. The van der Waals surface area contributed by atoms with Crippen molar-refractivity contribution in [1.82, 2.24) is 5.32 Å². The van der Waals surface area contributed by atoms with Gasteiger partial charge in [0.05, 0.1) is 5.69 Å². The van der Waals surface area contributed by atoms with Crippen LogP contribution in [0.15, 0.2) is 40.4 Å². The van der Waals surface area contributed by atoms with Crippen LogP contribution in [0.1, 0.15) is 63.8 Å². The molecule has 0 radical (unpaired) electrons. The predicted octanol–water partition coefficient (Wildman–Crippen LogP) is 5.72. The van der Waals surface area contributed by atoms with E-state index >= 15 is 0 Å². The maximum Gasteiger partial charge on any atom is 0.335 e. The molecule has 0 bridgehead atoms. The second-order valence-electron chi connectivity index (χ2n) is 10.4. The van der Waals surface area contributed by atoms with Gasteiger partial charge in [0.1, 0.15) is 11.3 Å². The quantitative estimate of drug-likeness (QED) is 0.397. The lowest BCUT2D eigenvalue weighted by atomic mass is 9.78. The van der Waals surface area contributed by atoms with E-state index < -0.39 is 17.8 Å². The fourth-order valence-electron chi connectivity index (χ4n) is 3.71. The summed E-state index contributed by atoms with van der Waals surface area (Å²) in [5.74, 6) is -1.25. The van der Waals surface area contributed by atoms with Gasteiger partial charge >= 0.3 is 6.03 Å². The van der Waals surface area contributed by atoms with Crippen LogP contribution in [0.25, 0.3) is 6.08 Å². The number of barbiturate groups is 1. The maximum atomic E-state index is 13.3. The number of aromatic hydroxyl groups is 1. The zero-order valence-corrected chi connectivity index (χ0v) is 21.5. The highest BCUT2D eigenvalue weighted by molar-refractivity contribution is 9.10. The van der Waals surface area contributed by atoms with E-state index in [1.165, 1.54) is 6.08 Å². The van der Waals surface area contributed by atoms with E-state index in [1.54, 1.807) is 30.3 Å². The third kappa shape index (κ3) is 4.88. The van der Waals surface area contributed by atoms with Crippen molar-refractivity contribution in [3.05, 3.63) is 62.6 Å². The Bertz CT molecular complexity index is 1160. The summed E-state index contributed by atoms with van der Waals surface area (Å²) in [7, 11) is 0. The number of halogens is 1. The molecule has 1 aliphatic heterocycles. The number of rotatable bonds is 2. The molecule has 1 heterocycles. The standard InChI is InChI=1S/C26H29BrN2O4/c1-14-10-16(8-9-20(14)27)29-23(32)17(22(31)28-24(29)33)11-15-12-18(25(2,3)4)21(30)19(13-15)26(5,6)7/h8-13,30H,1-7H3,(H,28,31,33)/b17-11+. The minimum atomic E-state index is -0.791. The van der Waals surface area contributed by atoms with Crippen LogP contribution in [-0.2, 0) is 20.4 Å². The van der Waals surface area contributed by atoms with Crippen molar-refractivity contribution in [2.45, 2.75) is 59.3 Å². The number of anilines is 1. The van der Waals surface area contributed by atoms with Gasteiger partial charge in [-0.05, 0) is 65.3 Å². The van der Waals surface area contributed by atoms with Crippen LogP contribution in [0.2, 0.25) is 0 Å². The van der Waals surface area contributed by atoms with E-state index in [1.807, 2.05) is 48.5 Å². The van der Waals surface area contributed by atoms with Crippen LogP contribution in [0.3, 0.4) is 0 Å². The second kappa shape index (κ2) is 8.45. The zero-order valence-electron chi connectivity index (χ0n) is 20.0. The highest BCUT2D eigenvalue weighted by atomic mass is 79.9. The number of aryl methyl sites for hydroxylation is 1. The summed E-state index contributed by atoms with van der Waals surface area (Å²) in [5.41, 5.74) is 2.35. The molecule has 4 amide bonds. The van der Waals surface area contributed by atoms with Crippen molar-refractivity contribution in [2.24, 2.45) is 0 Å². The summed E-state index contributed by atoms with van der Waals surface area (Å²) in [6.07, 6.45) is 1.48. The van der Waals surface area contributed by atoms with E-state index in [4.69, 9.17) is 0 Å². The molecule has 0 spiro atoms. The van der Waals surface area contributed by atoms with Gasteiger partial charge in [0.25, 0.3) is 11.8 Å². The molecule has 0 saturated carbocycles. The highest BCUT2D eigenvalue weighted by Gasteiger charge is 2.37. The van der Waals surface area contributed by atoms with E-state index in [0.29, 0.717) is 22.4 Å². The van der Waals surface area contributed by atoms with Crippen molar-refractivity contribution in [2.75, 3.05) is 4.90 Å². The lowest BCUT2D eigenvalue weighted by Gasteiger charge is -2.29. The zero-order chi connectivity index (χ0) is 24.9. The molecule has 3 rings (SSSR count). The SMILES string of the molecule is Cc1cc(N2C(=O)NC(=O)/C(=C\c3cc(C(C)(C)C)c(O)c(C(C)(C)C)c3)C2=O)ccc1Br.